The van der Waals surface area contributed by atoms with Crippen molar-refractivity contribution >= 4 is 10.8 Å². The van der Waals surface area contributed by atoms with Gasteiger partial charge in [-0.15, -0.1) is 0 Å². The Hall–Kier alpha value is -2.75. The highest BCUT2D eigenvalue weighted by atomic mass is 16.5. The molecule has 0 unspecified atom stereocenters. The van der Waals surface area contributed by atoms with Gasteiger partial charge in [0.1, 0.15) is 17.2 Å². The Bertz CT molecular complexity index is 870. The number of aromatic nitrogens is 1. The number of hydrogen-bond acceptors (Lipinski definition) is 4. The number of aromatic hydroxyl groups is 1. The van der Waals surface area contributed by atoms with Gasteiger partial charge in [0.25, 0.3) is 0 Å². The summed E-state index contributed by atoms with van der Waals surface area (Å²) in [6.45, 7) is 4.19. The molecule has 0 atom stereocenters. The van der Waals surface area contributed by atoms with Crippen LogP contribution in [0.2, 0.25) is 0 Å². The lowest BCUT2D eigenvalue weighted by atomic mass is 9.98. The van der Waals surface area contributed by atoms with Gasteiger partial charge < -0.3 is 14.6 Å². The van der Waals surface area contributed by atoms with Crippen molar-refractivity contribution in [2.75, 3.05) is 14.2 Å². The van der Waals surface area contributed by atoms with Crippen molar-refractivity contribution in [3.63, 3.8) is 0 Å². The third-order valence-electron chi connectivity index (χ3n) is 4.13. The van der Waals surface area contributed by atoms with Crippen LogP contribution in [0, 0.1) is 0 Å². The van der Waals surface area contributed by atoms with Crippen LogP contribution in [0.3, 0.4) is 0 Å². The fraction of sp³-hybridized carbons (Fsp3) is 0.250. The molecule has 3 rings (SSSR count). The molecule has 0 saturated carbocycles. The second-order valence-corrected chi connectivity index (χ2v) is 5.96. The fourth-order valence-corrected chi connectivity index (χ4v) is 2.90. The molecule has 0 fully saturated rings. The lowest BCUT2D eigenvalue weighted by molar-refractivity contribution is 0.414. The highest BCUT2D eigenvalue weighted by Crippen LogP contribution is 2.42. The van der Waals surface area contributed by atoms with E-state index in [9.17, 15) is 5.11 Å². The number of benzene rings is 2. The summed E-state index contributed by atoms with van der Waals surface area (Å²) in [6.07, 6.45) is 0. The van der Waals surface area contributed by atoms with Gasteiger partial charge in [-0.1, -0.05) is 26.0 Å². The Kier molecular flexibility index (Phi) is 4.30. The molecule has 0 amide bonds. The first-order valence-electron chi connectivity index (χ1n) is 7.90. The highest BCUT2D eigenvalue weighted by Gasteiger charge is 2.19. The zero-order valence-electron chi connectivity index (χ0n) is 14.3. The van der Waals surface area contributed by atoms with E-state index >= 15 is 0 Å². The summed E-state index contributed by atoms with van der Waals surface area (Å²) in [7, 11) is 3.24. The summed E-state index contributed by atoms with van der Waals surface area (Å²) >= 11 is 0. The van der Waals surface area contributed by atoms with E-state index in [2.05, 4.69) is 13.8 Å². The molecule has 4 heteroatoms. The Morgan fingerprint density at radius 1 is 0.958 bits per heavy atom. The molecule has 0 aliphatic rings. The number of pyridine rings is 1. The van der Waals surface area contributed by atoms with Gasteiger partial charge in [0.2, 0.25) is 0 Å². The molecule has 1 N–H and O–H groups in total. The van der Waals surface area contributed by atoms with Crippen LogP contribution < -0.4 is 9.47 Å². The minimum atomic E-state index is 0.136. The normalized spacial score (nSPS) is 11.0. The van der Waals surface area contributed by atoms with Crippen LogP contribution in [0.4, 0.5) is 0 Å². The third kappa shape index (κ3) is 2.64. The average molecular weight is 323 g/mol. The molecule has 4 nitrogen and oxygen atoms in total. The molecule has 0 bridgehead atoms. The molecule has 0 radical (unpaired) electrons. The predicted molar refractivity (Wildman–Crippen MR) is 96.0 cm³/mol. The van der Waals surface area contributed by atoms with Gasteiger partial charge in [0.05, 0.1) is 25.3 Å². The van der Waals surface area contributed by atoms with Crippen molar-refractivity contribution in [1.29, 1.82) is 0 Å². The summed E-state index contributed by atoms with van der Waals surface area (Å²) in [5.41, 5.74) is 2.33. The lowest BCUT2D eigenvalue weighted by Gasteiger charge is -2.16. The maximum Gasteiger partial charge on any atom is 0.153 e. The minimum Gasteiger partial charge on any atom is -0.505 e. The van der Waals surface area contributed by atoms with E-state index in [1.165, 1.54) is 0 Å². The standard InChI is InChI=1S/C20H21NO3/c1-12(2)18-15-6-5-7-16(24-4)17(15)20(22)19(21-18)13-8-10-14(23-3)11-9-13/h5-12,22H,1-4H3. The van der Waals surface area contributed by atoms with Crippen LogP contribution in [0.1, 0.15) is 25.5 Å². The molecule has 3 aromatic rings. The number of hydrogen-bond donors (Lipinski definition) is 1. The molecule has 0 spiro atoms. The molecule has 24 heavy (non-hydrogen) atoms. The van der Waals surface area contributed by atoms with E-state index in [0.29, 0.717) is 16.8 Å². The van der Waals surface area contributed by atoms with Gasteiger partial charge in [0.15, 0.2) is 5.75 Å². The highest BCUT2D eigenvalue weighted by molar-refractivity contribution is 5.99. The maximum atomic E-state index is 10.9. The first kappa shape index (κ1) is 16.1. The lowest BCUT2D eigenvalue weighted by Crippen LogP contribution is -1.99. The Labute approximate surface area is 141 Å². The van der Waals surface area contributed by atoms with Gasteiger partial charge in [-0.25, -0.2) is 4.98 Å². The summed E-state index contributed by atoms with van der Waals surface area (Å²) in [5.74, 6) is 1.76. The van der Waals surface area contributed by atoms with Crippen LogP contribution in [-0.2, 0) is 0 Å². The second-order valence-electron chi connectivity index (χ2n) is 5.96. The zero-order valence-corrected chi connectivity index (χ0v) is 14.3. The van der Waals surface area contributed by atoms with E-state index in [-0.39, 0.29) is 11.7 Å². The van der Waals surface area contributed by atoms with Crippen molar-refractivity contribution in [2.45, 2.75) is 19.8 Å². The van der Waals surface area contributed by atoms with E-state index in [1.807, 2.05) is 42.5 Å². The Morgan fingerprint density at radius 2 is 1.67 bits per heavy atom. The van der Waals surface area contributed by atoms with Crippen molar-refractivity contribution in [1.82, 2.24) is 4.98 Å². The Morgan fingerprint density at radius 3 is 2.25 bits per heavy atom. The van der Waals surface area contributed by atoms with Crippen molar-refractivity contribution in [3.05, 3.63) is 48.2 Å². The summed E-state index contributed by atoms with van der Waals surface area (Å²) in [4.78, 5) is 4.75. The smallest absolute Gasteiger partial charge is 0.153 e. The molecular formula is C20H21NO3. The SMILES string of the molecule is COc1ccc(-c2nc(C(C)C)c3cccc(OC)c3c2O)cc1. The summed E-state index contributed by atoms with van der Waals surface area (Å²) < 4.78 is 10.7. The molecule has 124 valence electrons. The quantitative estimate of drug-likeness (QED) is 0.753. The van der Waals surface area contributed by atoms with Gasteiger partial charge >= 0.3 is 0 Å². The average Bonchev–Trinajstić information content (AvgIpc) is 2.61. The third-order valence-corrected chi connectivity index (χ3v) is 4.13. The van der Waals surface area contributed by atoms with Gasteiger partial charge in [-0.05, 0) is 36.2 Å². The van der Waals surface area contributed by atoms with Crippen molar-refractivity contribution in [3.8, 4) is 28.5 Å². The molecular weight excluding hydrogens is 302 g/mol. The van der Waals surface area contributed by atoms with Gasteiger partial charge in [0, 0.05) is 10.9 Å². The van der Waals surface area contributed by atoms with Crippen LogP contribution >= 0.6 is 0 Å². The molecule has 1 aromatic heterocycles. The largest absolute Gasteiger partial charge is 0.505 e. The number of ether oxygens (including phenoxy) is 2. The van der Waals surface area contributed by atoms with Gasteiger partial charge in [-0.2, -0.15) is 0 Å². The van der Waals surface area contributed by atoms with Crippen LogP contribution in [0.15, 0.2) is 42.5 Å². The van der Waals surface area contributed by atoms with Crippen LogP contribution in [0.5, 0.6) is 17.2 Å². The number of nitrogens with zero attached hydrogens (tertiary/aromatic N) is 1. The number of methoxy groups -OCH3 is 2. The zero-order chi connectivity index (χ0) is 17.3. The van der Waals surface area contributed by atoms with Crippen LogP contribution in [-0.4, -0.2) is 24.3 Å². The van der Waals surface area contributed by atoms with Crippen molar-refractivity contribution in [2.24, 2.45) is 0 Å². The van der Waals surface area contributed by atoms with Crippen LogP contribution in [0.25, 0.3) is 22.0 Å². The van der Waals surface area contributed by atoms with E-state index in [4.69, 9.17) is 14.5 Å². The van der Waals surface area contributed by atoms with Crippen molar-refractivity contribution < 1.29 is 14.6 Å². The monoisotopic (exact) mass is 323 g/mol. The second kappa shape index (κ2) is 6.40. The fourth-order valence-electron chi connectivity index (χ4n) is 2.90. The summed E-state index contributed by atoms with van der Waals surface area (Å²) in [6, 6.07) is 13.2. The predicted octanol–water partition coefficient (Wildman–Crippen LogP) is 4.75. The molecule has 1 heterocycles. The van der Waals surface area contributed by atoms with E-state index < -0.39 is 0 Å². The number of fused-ring (bicyclic) bond motifs is 1. The topological polar surface area (TPSA) is 51.6 Å². The Balaban J connectivity index is 2.33. The molecule has 0 aliphatic heterocycles. The number of rotatable bonds is 4. The van der Waals surface area contributed by atoms with Gasteiger partial charge in [-0.3, -0.25) is 0 Å². The molecule has 2 aromatic carbocycles. The van der Waals surface area contributed by atoms with E-state index in [0.717, 1.165) is 22.4 Å². The van der Waals surface area contributed by atoms with E-state index in [1.54, 1.807) is 14.2 Å². The first-order valence-corrected chi connectivity index (χ1v) is 7.90. The maximum absolute atomic E-state index is 10.9. The first-order chi connectivity index (χ1) is 11.6. The minimum absolute atomic E-state index is 0.136. The molecule has 0 saturated heterocycles. The molecule has 0 aliphatic carbocycles. The summed E-state index contributed by atoms with van der Waals surface area (Å²) in [5, 5.41) is 12.5.